The number of nitrogens with zero attached hydrogens (tertiary/aromatic N) is 1. The summed E-state index contributed by atoms with van der Waals surface area (Å²) in [6.07, 6.45) is 3.07. The summed E-state index contributed by atoms with van der Waals surface area (Å²) < 4.78 is 10.4. The maximum Gasteiger partial charge on any atom is 0.344 e. The van der Waals surface area contributed by atoms with E-state index in [4.69, 9.17) is 21.1 Å². The summed E-state index contributed by atoms with van der Waals surface area (Å²) in [4.78, 5) is 27.2. The summed E-state index contributed by atoms with van der Waals surface area (Å²) in [6.45, 7) is 1.91. The van der Waals surface area contributed by atoms with Gasteiger partial charge in [0.2, 0.25) is 0 Å². The minimum Gasteiger partial charge on any atom is -0.482 e. The van der Waals surface area contributed by atoms with Crippen molar-refractivity contribution in [2.75, 3.05) is 19.8 Å². The van der Waals surface area contributed by atoms with Crippen LogP contribution >= 0.6 is 11.6 Å². The first kappa shape index (κ1) is 17.7. The number of halogens is 1. The van der Waals surface area contributed by atoms with Crippen LogP contribution in [0, 0.1) is 6.92 Å². The minimum atomic E-state index is -0.512. The summed E-state index contributed by atoms with van der Waals surface area (Å²) >= 11 is 5.85. The SMILES string of the molecule is Cc1cc(Cl)ccc1OCC(=O)OCCNC(=O)c1ccncc1. The molecule has 0 radical (unpaired) electrons. The fourth-order valence-electron chi connectivity index (χ4n) is 1.89. The molecule has 1 aromatic heterocycles. The lowest BCUT2D eigenvalue weighted by Crippen LogP contribution is -2.28. The van der Waals surface area contributed by atoms with Crippen molar-refractivity contribution in [2.24, 2.45) is 0 Å². The summed E-state index contributed by atoms with van der Waals surface area (Å²) in [5.41, 5.74) is 1.33. The number of carbonyl (C=O) groups excluding carboxylic acids is 2. The Labute approximate surface area is 144 Å². The van der Waals surface area contributed by atoms with Gasteiger partial charge in [0.15, 0.2) is 6.61 Å². The van der Waals surface area contributed by atoms with E-state index in [-0.39, 0.29) is 25.7 Å². The highest BCUT2D eigenvalue weighted by Crippen LogP contribution is 2.21. The number of hydrogen-bond donors (Lipinski definition) is 1. The Kier molecular flexibility index (Phi) is 6.57. The van der Waals surface area contributed by atoms with Crippen molar-refractivity contribution in [3.63, 3.8) is 0 Å². The van der Waals surface area contributed by atoms with Crippen molar-refractivity contribution in [3.8, 4) is 5.75 Å². The third-order valence-electron chi connectivity index (χ3n) is 3.08. The van der Waals surface area contributed by atoms with Gasteiger partial charge in [-0.2, -0.15) is 0 Å². The van der Waals surface area contributed by atoms with E-state index in [1.807, 2.05) is 6.92 Å². The molecule has 0 aliphatic carbocycles. The lowest BCUT2D eigenvalue weighted by Gasteiger charge is -2.10. The number of amides is 1. The topological polar surface area (TPSA) is 77.5 Å². The number of rotatable bonds is 7. The molecule has 6 nitrogen and oxygen atoms in total. The minimum absolute atomic E-state index is 0.0681. The summed E-state index contributed by atoms with van der Waals surface area (Å²) in [5.74, 6) is -0.189. The van der Waals surface area contributed by atoms with E-state index in [1.165, 1.54) is 12.4 Å². The number of ether oxygens (including phenoxy) is 2. The molecule has 1 amide bonds. The number of esters is 1. The van der Waals surface area contributed by atoms with Crippen LogP contribution in [0.3, 0.4) is 0 Å². The number of nitrogens with one attached hydrogen (secondary N) is 1. The van der Waals surface area contributed by atoms with Gasteiger partial charge in [-0.25, -0.2) is 4.79 Å². The molecule has 0 saturated carbocycles. The normalized spacial score (nSPS) is 10.1. The number of benzene rings is 1. The van der Waals surface area contributed by atoms with Crippen LogP contribution in [0.1, 0.15) is 15.9 Å². The van der Waals surface area contributed by atoms with Gasteiger partial charge in [0.1, 0.15) is 12.4 Å². The van der Waals surface area contributed by atoms with E-state index >= 15 is 0 Å². The lowest BCUT2D eigenvalue weighted by atomic mass is 10.2. The van der Waals surface area contributed by atoms with E-state index < -0.39 is 5.97 Å². The second-order valence-electron chi connectivity index (χ2n) is 4.91. The molecule has 0 aliphatic heterocycles. The Balaban J connectivity index is 1.65. The Morgan fingerprint density at radius 3 is 2.67 bits per heavy atom. The van der Waals surface area contributed by atoms with Crippen LogP contribution in [0.4, 0.5) is 0 Å². The molecule has 1 aromatic carbocycles. The first-order chi connectivity index (χ1) is 11.6. The monoisotopic (exact) mass is 348 g/mol. The molecule has 0 atom stereocenters. The Morgan fingerprint density at radius 2 is 1.96 bits per heavy atom. The molecule has 7 heteroatoms. The smallest absolute Gasteiger partial charge is 0.344 e. The average molecular weight is 349 g/mol. The van der Waals surface area contributed by atoms with Crippen LogP contribution in [0.2, 0.25) is 5.02 Å². The van der Waals surface area contributed by atoms with Crippen molar-refractivity contribution >= 4 is 23.5 Å². The van der Waals surface area contributed by atoms with E-state index in [1.54, 1.807) is 30.3 Å². The Hall–Kier alpha value is -2.60. The molecule has 1 N–H and O–H groups in total. The molecule has 2 rings (SSSR count). The molecule has 0 fully saturated rings. The molecule has 0 bridgehead atoms. The molecular formula is C17H17ClN2O4. The molecular weight excluding hydrogens is 332 g/mol. The van der Waals surface area contributed by atoms with Crippen LogP contribution in [-0.2, 0) is 9.53 Å². The van der Waals surface area contributed by atoms with Gasteiger partial charge >= 0.3 is 5.97 Å². The highest BCUT2D eigenvalue weighted by atomic mass is 35.5. The van der Waals surface area contributed by atoms with Crippen molar-refractivity contribution in [2.45, 2.75) is 6.92 Å². The summed E-state index contributed by atoms with van der Waals surface area (Å²) in [5, 5.41) is 3.25. The van der Waals surface area contributed by atoms with Crippen molar-refractivity contribution in [1.29, 1.82) is 0 Å². The molecule has 2 aromatic rings. The number of aryl methyl sites for hydroxylation is 1. The van der Waals surface area contributed by atoms with Crippen molar-refractivity contribution in [3.05, 3.63) is 58.9 Å². The number of pyridine rings is 1. The van der Waals surface area contributed by atoms with Gasteiger partial charge in [-0.05, 0) is 42.8 Å². The Morgan fingerprint density at radius 1 is 1.21 bits per heavy atom. The van der Waals surface area contributed by atoms with Crippen LogP contribution in [0.15, 0.2) is 42.7 Å². The van der Waals surface area contributed by atoms with Crippen LogP contribution in [-0.4, -0.2) is 36.6 Å². The number of aromatic nitrogens is 1. The molecule has 24 heavy (non-hydrogen) atoms. The second-order valence-corrected chi connectivity index (χ2v) is 5.35. The van der Waals surface area contributed by atoms with Crippen LogP contribution in [0.5, 0.6) is 5.75 Å². The molecule has 1 heterocycles. The second kappa shape index (κ2) is 8.88. The summed E-state index contributed by atoms with van der Waals surface area (Å²) in [7, 11) is 0. The zero-order valence-corrected chi connectivity index (χ0v) is 13.9. The number of carbonyl (C=O) groups is 2. The highest BCUT2D eigenvalue weighted by Gasteiger charge is 2.08. The van der Waals surface area contributed by atoms with Crippen LogP contribution < -0.4 is 10.1 Å². The maximum absolute atomic E-state index is 11.8. The largest absolute Gasteiger partial charge is 0.482 e. The van der Waals surface area contributed by atoms with Gasteiger partial charge in [0, 0.05) is 23.0 Å². The molecule has 0 saturated heterocycles. The molecule has 126 valence electrons. The number of hydrogen-bond acceptors (Lipinski definition) is 5. The first-order valence-electron chi connectivity index (χ1n) is 7.29. The van der Waals surface area contributed by atoms with Gasteiger partial charge < -0.3 is 14.8 Å². The van der Waals surface area contributed by atoms with Crippen molar-refractivity contribution < 1.29 is 19.1 Å². The van der Waals surface area contributed by atoms with E-state index in [0.717, 1.165) is 5.56 Å². The van der Waals surface area contributed by atoms with Gasteiger partial charge in [-0.1, -0.05) is 11.6 Å². The standard InChI is InChI=1S/C17H17ClN2O4/c1-12-10-14(18)2-3-15(12)24-11-16(21)23-9-8-20-17(22)13-4-6-19-7-5-13/h2-7,10H,8-9,11H2,1H3,(H,20,22). The fraction of sp³-hybridized carbons (Fsp3) is 0.235. The molecule has 0 unspecified atom stereocenters. The summed E-state index contributed by atoms with van der Waals surface area (Å²) in [6, 6.07) is 8.33. The first-order valence-corrected chi connectivity index (χ1v) is 7.67. The van der Waals surface area contributed by atoms with Gasteiger partial charge in [-0.3, -0.25) is 9.78 Å². The van der Waals surface area contributed by atoms with E-state index in [9.17, 15) is 9.59 Å². The predicted molar refractivity (Wildman–Crippen MR) is 89.2 cm³/mol. The van der Waals surface area contributed by atoms with E-state index in [2.05, 4.69) is 10.3 Å². The van der Waals surface area contributed by atoms with Crippen LogP contribution in [0.25, 0.3) is 0 Å². The maximum atomic E-state index is 11.8. The van der Waals surface area contributed by atoms with Gasteiger partial charge in [-0.15, -0.1) is 0 Å². The van der Waals surface area contributed by atoms with Gasteiger partial charge in [0.25, 0.3) is 5.91 Å². The third kappa shape index (κ3) is 5.55. The highest BCUT2D eigenvalue weighted by molar-refractivity contribution is 6.30. The zero-order chi connectivity index (χ0) is 17.4. The lowest BCUT2D eigenvalue weighted by molar-refractivity contribution is -0.145. The fourth-order valence-corrected chi connectivity index (χ4v) is 2.11. The van der Waals surface area contributed by atoms with Gasteiger partial charge in [0.05, 0.1) is 6.54 Å². The predicted octanol–water partition coefficient (Wildman–Crippen LogP) is 2.40. The van der Waals surface area contributed by atoms with Crippen molar-refractivity contribution in [1.82, 2.24) is 10.3 Å². The molecule has 0 aliphatic rings. The third-order valence-corrected chi connectivity index (χ3v) is 3.31. The Bertz CT molecular complexity index is 707. The quantitative estimate of drug-likeness (QED) is 0.614. The average Bonchev–Trinajstić information content (AvgIpc) is 2.58. The molecule has 0 spiro atoms. The van der Waals surface area contributed by atoms with E-state index in [0.29, 0.717) is 16.3 Å². The zero-order valence-electron chi connectivity index (χ0n) is 13.1.